The van der Waals surface area contributed by atoms with Crippen molar-refractivity contribution in [3.63, 3.8) is 0 Å². The average molecular weight is 386 g/mol. The Bertz CT molecular complexity index is 707. The number of carbonyl (C=O) groups excluding carboxylic acids is 2. The monoisotopic (exact) mass is 385 g/mol. The maximum atomic E-state index is 12.1. The van der Waals surface area contributed by atoms with Crippen molar-refractivity contribution < 1.29 is 22.7 Å². The van der Waals surface area contributed by atoms with Crippen LogP contribution in [0, 0.1) is 5.92 Å². The average Bonchev–Trinajstić information content (AvgIpc) is 2.66. The molecule has 0 N–H and O–H groups in total. The normalized spacial score (nSPS) is 16.6. The molecular weight excluding hydrogens is 362 g/mol. The van der Waals surface area contributed by atoms with Gasteiger partial charge in [-0.25, -0.2) is 12.7 Å². The van der Waals surface area contributed by atoms with Gasteiger partial charge in [0.1, 0.15) is 0 Å². The molecule has 6 nitrogen and oxygen atoms in total. The Morgan fingerprint density at radius 1 is 1.20 bits per heavy atom. The number of Topliss-reactive ketones (excluding diaryl/α,β-unsaturated/α-hetero) is 1. The van der Waals surface area contributed by atoms with Crippen LogP contribution in [0.15, 0.2) is 29.2 Å². The van der Waals surface area contributed by atoms with Crippen molar-refractivity contribution in [1.82, 2.24) is 4.31 Å². The Morgan fingerprint density at radius 3 is 2.32 bits per heavy atom. The predicted molar refractivity (Wildman–Crippen MR) is 97.3 cm³/mol. The van der Waals surface area contributed by atoms with Crippen LogP contribution < -0.4 is 0 Å². The molecule has 1 fully saturated rings. The number of hydrogen-bond acceptors (Lipinski definition) is 6. The standard InChI is InChI=1S/C17H23NO5S2/c1-3-25(21,22)18-10-8-14(9-11-18)17(20)23-12-16(19)13-4-6-15(24-2)7-5-13/h4-7,14H,3,8-12H2,1-2H3. The van der Waals surface area contributed by atoms with Crippen LogP contribution in [-0.2, 0) is 19.6 Å². The van der Waals surface area contributed by atoms with Gasteiger partial charge in [-0.15, -0.1) is 11.8 Å². The topological polar surface area (TPSA) is 80.8 Å². The molecule has 0 radical (unpaired) electrons. The smallest absolute Gasteiger partial charge is 0.309 e. The zero-order valence-corrected chi connectivity index (χ0v) is 16.1. The third-order valence-corrected chi connectivity index (χ3v) is 6.93. The van der Waals surface area contributed by atoms with Crippen LogP contribution in [0.2, 0.25) is 0 Å². The van der Waals surface area contributed by atoms with Crippen LogP contribution in [0.5, 0.6) is 0 Å². The van der Waals surface area contributed by atoms with Gasteiger partial charge in [0.25, 0.3) is 0 Å². The van der Waals surface area contributed by atoms with Crippen LogP contribution in [0.3, 0.4) is 0 Å². The summed E-state index contributed by atoms with van der Waals surface area (Å²) in [5.74, 6) is -0.962. The van der Waals surface area contributed by atoms with Gasteiger partial charge < -0.3 is 4.74 Å². The summed E-state index contributed by atoms with van der Waals surface area (Å²) in [6.45, 7) is 1.96. The molecule has 0 spiro atoms. The molecule has 1 aromatic rings. The van der Waals surface area contributed by atoms with Gasteiger partial charge in [-0.2, -0.15) is 0 Å². The number of rotatable bonds is 7. The molecule has 138 valence electrons. The number of sulfonamides is 1. The van der Waals surface area contributed by atoms with Crippen LogP contribution in [0.4, 0.5) is 0 Å². The maximum absolute atomic E-state index is 12.1. The number of thioether (sulfide) groups is 1. The van der Waals surface area contributed by atoms with E-state index in [1.54, 1.807) is 30.8 Å². The minimum atomic E-state index is -3.21. The fourth-order valence-electron chi connectivity index (χ4n) is 2.67. The van der Waals surface area contributed by atoms with E-state index in [0.29, 0.717) is 31.5 Å². The van der Waals surface area contributed by atoms with Crippen LogP contribution >= 0.6 is 11.8 Å². The second-order valence-electron chi connectivity index (χ2n) is 5.83. The fraction of sp³-hybridized carbons (Fsp3) is 0.529. The third-order valence-electron chi connectivity index (χ3n) is 4.30. The summed E-state index contributed by atoms with van der Waals surface area (Å²) in [4.78, 5) is 25.3. The maximum Gasteiger partial charge on any atom is 0.309 e. The minimum absolute atomic E-state index is 0.0615. The lowest BCUT2D eigenvalue weighted by molar-refractivity contribution is -0.148. The van der Waals surface area contributed by atoms with Crippen LogP contribution in [0.25, 0.3) is 0 Å². The lowest BCUT2D eigenvalue weighted by Crippen LogP contribution is -2.41. The predicted octanol–water partition coefficient (Wildman–Crippen LogP) is 2.20. The van der Waals surface area contributed by atoms with Gasteiger partial charge in [-0.3, -0.25) is 9.59 Å². The first-order valence-corrected chi connectivity index (χ1v) is 11.0. The van der Waals surface area contributed by atoms with Gasteiger partial charge in [0.15, 0.2) is 12.4 Å². The second kappa shape index (κ2) is 8.82. The van der Waals surface area contributed by atoms with Crippen molar-refractivity contribution in [1.29, 1.82) is 0 Å². The molecule has 0 aromatic heterocycles. The molecule has 25 heavy (non-hydrogen) atoms. The van der Waals surface area contributed by atoms with Gasteiger partial charge in [0, 0.05) is 23.5 Å². The van der Waals surface area contributed by atoms with Crippen molar-refractivity contribution >= 4 is 33.5 Å². The van der Waals surface area contributed by atoms with Crippen molar-refractivity contribution in [2.45, 2.75) is 24.7 Å². The molecule has 0 bridgehead atoms. The summed E-state index contributed by atoms with van der Waals surface area (Å²) in [6.07, 6.45) is 2.80. The molecule has 1 heterocycles. The number of ether oxygens (including phenoxy) is 1. The summed E-state index contributed by atoms with van der Waals surface area (Å²) in [5.41, 5.74) is 0.509. The third kappa shape index (κ3) is 5.29. The highest BCUT2D eigenvalue weighted by Crippen LogP contribution is 2.21. The highest BCUT2D eigenvalue weighted by Gasteiger charge is 2.31. The second-order valence-corrected chi connectivity index (χ2v) is 8.97. The number of ketones is 1. The first-order valence-electron chi connectivity index (χ1n) is 8.19. The summed E-state index contributed by atoms with van der Waals surface area (Å²) in [5, 5.41) is 0. The Labute approximate surface area is 153 Å². The largest absolute Gasteiger partial charge is 0.457 e. The van der Waals surface area contributed by atoms with Crippen molar-refractivity contribution in [2.24, 2.45) is 5.92 Å². The van der Waals surface area contributed by atoms with Crippen molar-refractivity contribution in [3.8, 4) is 0 Å². The molecule has 1 aliphatic heterocycles. The van der Waals surface area contributed by atoms with Gasteiger partial charge in [0.2, 0.25) is 10.0 Å². The zero-order valence-electron chi connectivity index (χ0n) is 14.4. The fourth-order valence-corrected chi connectivity index (χ4v) is 4.21. The lowest BCUT2D eigenvalue weighted by atomic mass is 9.98. The number of benzene rings is 1. The zero-order chi connectivity index (χ0) is 18.4. The molecule has 1 aliphatic rings. The van der Waals surface area contributed by atoms with Crippen LogP contribution in [0.1, 0.15) is 30.1 Å². The minimum Gasteiger partial charge on any atom is -0.457 e. The van der Waals surface area contributed by atoms with E-state index < -0.39 is 16.0 Å². The SMILES string of the molecule is CCS(=O)(=O)N1CCC(C(=O)OCC(=O)c2ccc(SC)cc2)CC1. The van der Waals surface area contributed by atoms with Crippen LogP contribution in [-0.4, -0.2) is 56.2 Å². The first kappa shape index (κ1) is 19.9. The Kier molecular flexibility index (Phi) is 7.04. The van der Waals surface area contributed by atoms with Gasteiger partial charge in [-0.05, 0) is 38.2 Å². The summed E-state index contributed by atoms with van der Waals surface area (Å²) in [6, 6.07) is 7.14. The number of carbonyl (C=O) groups is 2. The Balaban J connectivity index is 1.81. The molecule has 2 rings (SSSR count). The molecule has 0 unspecified atom stereocenters. The first-order chi connectivity index (χ1) is 11.9. The van der Waals surface area contributed by atoms with E-state index in [1.165, 1.54) is 4.31 Å². The van der Waals surface area contributed by atoms with E-state index in [9.17, 15) is 18.0 Å². The molecule has 0 amide bonds. The summed E-state index contributed by atoms with van der Waals surface area (Å²) < 4.78 is 30.2. The molecule has 8 heteroatoms. The molecule has 1 saturated heterocycles. The lowest BCUT2D eigenvalue weighted by Gasteiger charge is -2.29. The van der Waals surface area contributed by atoms with Gasteiger partial charge in [0.05, 0.1) is 11.7 Å². The highest BCUT2D eigenvalue weighted by molar-refractivity contribution is 7.98. The van der Waals surface area contributed by atoms with E-state index in [0.717, 1.165) is 4.90 Å². The van der Waals surface area contributed by atoms with E-state index in [-0.39, 0.29) is 24.1 Å². The number of hydrogen-bond donors (Lipinski definition) is 0. The van der Waals surface area contributed by atoms with E-state index in [2.05, 4.69) is 0 Å². The molecule has 0 atom stereocenters. The highest BCUT2D eigenvalue weighted by atomic mass is 32.2. The number of piperidine rings is 1. The molecule has 0 aliphatic carbocycles. The quantitative estimate of drug-likeness (QED) is 0.407. The van der Waals surface area contributed by atoms with E-state index in [1.807, 2.05) is 18.4 Å². The summed E-state index contributed by atoms with van der Waals surface area (Å²) in [7, 11) is -3.21. The molecule has 0 saturated carbocycles. The molecular formula is C17H23NO5S2. The summed E-state index contributed by atoms with van der Waals surface area (Å²) >= 11 is 1.59. The van der Waals surface area contributed by atoms with Gasteiger partial charge >= 0.3 is 5.97 Å². The number of nitrogens with zero attached hydrogens (tertiary/aromatic N) is 1. The van der Waals surface area contributed by atoms with E-state index in [4.69, 9.17) is 4.74 Å². The van der Waals surface area contributed by atoms with Gasteiger partial charge in [-0.1, -0.05) is 12.1 Å². The Hall–Kier alpha value is -1.38. The van der Waals surface area contributed by atoms with Crippen molar-refractivity contribution in [2.75, 3.05) is 31.7 Å². The van der Waals surface area contributed by atoms with Crippen molar-refractivity contribution in [3.05, 3.63) is 29.8 Å². The van der Waals surface area contributed by atoms with E-state index >= 15 is 0 Å². The molecule has 1 aromatic carbocycles. The number of esters is 1. The Morgan fingerprint density at radius 2 is 1.80 bits per heavy atom.